The third-order valence-corrected chi connectivity index (χ3v) is 3.65. The SMILES string of the molecule is Cc1cc(C(=O)O)c(NC(=O)Cc2ccccc2O)s1. The van der Waals surface area contributed by atoms with E-state index in [0.717, 1.165) is 4.88 Å². The van der Waals surface area contributed by atoms with E-state index < -0.39 is 5.97 Å². The molecule has 0 aliphatic carbocycles. The molecule has 2 aromatic rings. The Kier molecular flexibility index (Phi) is 4.05. The Morgan fingerprint density at radius 3 is 2.65 bits per heavy atom. The van der Waals surface area contributed by atoms with Gasteiger partial charge in [-0.1, -0.05) is 18.2 Å². The zero-order chi connectivity index (χ0) is 14.7. The number of aromatic carboxylic acids is 1. The largest absolute Gasteiger partial charge is 0.508 e. The molecule has 1 aromatic heterocycles. The zero-order valence-electron chi connectivity index (χ0n) is 10.7. The van der Waals surface area contributed by atoms with Gasteiger partial charge in [-0.15, -0.1) is 11.3 Å². The number of carbonyl (C=O) groups is 2. The summed E-state index contributed by atoms with van der Waals surface area (Å²) in [6.07, 6.45) is -0.0112. The number of anilines is 1. The smallest absolute Gasteiger partial charge is 0.338 e. The topological polar surface area (TPSA) is 86.6 Å². The lowest BCUT2D eigenvalue weighted by Gasteiger charge is -2.05. The van der Waals surface area contributed by atoms with E-state index in [9.17, 15) is 14.7 Å². The first-order chi connectivity index (χ1) is 9.47. The van der Waals surface area contributed by atoms with Crippen molar-refractivity contribution >= 4 is 28.2 Å². The van der Waals surface area contributed by atoms with Crippen molar-refractivity contribution in [3.05, 3.63) is 46.3 Å². The lowest BCUT2D eigenvalue weighted by atomic mass is 10.1. The Morgan fingerprint density at radius 1 is 1.30 bits per heavy atom. The molecule has 0 fully saturated rings. The lowest BCUT2D eigenvalue weighted by molar-refractivity contribution is -0.115. The first-order valence-electron chi connectivity index (χ1n) is 5.88. The van der Waals surface area contributed by atoms with Gasteiger partial charge in [-0.05, 0) is 19.1 Å². The number of nitrogens with one attached hydrogen (secondary N) is 1. The predicted molar refractivity (Wildman–Crippen MR) is 76.5 cm³/mol. The standard InChI is InChI=1S/C14H13NO4S/c1-8-6-10(14(18)19)13(20-8)15-12(17)7-9-4-2-3-5-11(9)16/h2-6,16H,7H2,1H3,(H,15,17)(H,18,19). The van der Waals surface area contributed by atoms with Crippen LogP contribution in [-0.2, 0) is 11.2 Å². The molecule has 0 saturated carbocycles. The van der Waals surface area contributed by atoms with E-state index >= 15 is 0 Å². The second-order valence-corrected chi connectivity index (χ2v) is 5.51. The summed E-state index contributed by atoms with van der Waals surface area (Å²) in [4.78, 5) is 23.8. The molecule has 0 aliphatic rings. The maximum Gasteiger partial charge on any atom is 0.338 e. The molecule has 1 heterocycles. The van der Waals surface area contributed by atoms with E-state index in [1.165, 1.54) is 23.5 Å². The summed E-state index contributed by atoms with van der Waals surface area (Å²) < 4.78 is 0. The summed E-state index contributed by atoms with van der Waals surface area (Å²) in [5.74, 6) is -1.40. The van der Waals surface area contributed by atoms with Crippen LogP contribution in [-0.4, -0.2) is 22.1 Å². The van der Waals surface area contributed by atoms with Crippen LogP contribution in [0.3, 0.4) is 0 Å². The first kappa shape index (κ1) is 14.1. The molecule has 6 heteroatoms. The minimum Gasteiger partial charge on any atom is -0.508 e. The number of carbonyl (C=O) groups excluding carboxylic acids is 1. The summed E-state index contributed by atoms with van der Waals surface area (Å²) in [5, 5.41) is 21.5. The van der Waals surface area contributed by atoms with Crippen molar-refractivity contribution in [1.29, 1.82) is 0 Å². The maximum absolute atomic E-state index is 11.9. The van der Waals surface area contributed by atoms with Gasteiger partial charge in [0.15, 0.2) is 0 Å². The van der Waals surface area contributed by atoms with Crippen molar-refractivity contribution in [1.82, 2.24) is 0 Å². The molecular weight excluding hydrogens is 278 g/mol. The summed E-state index contributed by atoms with van der Waals surface area (Å²) in [6.45, 7) is 1.77. The molecule has 3 N–H and O–H groups in total. The summed E-state index contributed by atoms with van der Waals surface area (Å²) in [5.41, 5.74) is 0.577. The monoisotopic (exact) mass is 291 g/mol. The van der Waals surface area contributed by atoms with Crippen LogP contribution in [0.5, 0.6) is 5.75 Å². The van der Waals surface area contributed by atoms with Crippen molar-refractivity contribution in [3.8, 4) is 5.75 Å². The van der Waals surface area contributed by atoms with Crippen LogP contribution in [0.1, 0.15) is 20.8 Å². The molecule has 0 atom stereocenters. The zero-order valence-corrected chi connectivity index (χ0v) is 11.5. The fraction of sp³-hybridized carbons (Fsp3) is 0.143. The summed E-state index contributed by atoms with van der Waals surface area (Å²) >= 11 is 1.21. The van der Waals surface area contributed by atoms with Gasteiger partial charge >= 0.3 is 5.97 Å². The third-order valence-electron chi connectivity index (χ3n) is 2.68. The number of amides is 1. The van der Waals surface area contributed by atoms with E-state index in [4.69, 9.17) is 5.11 Å². The molecule has 0 aliphatic heterocycles. The van der Waals surface area contributed by atoms with Crippen molar-refractivity contribution in [2.45, 2.75) is 13.3 Å². The number of rotatable bonds is 4. The second-order valence-electron chi connectivity index (χ2n) is 4.26. The average molecular weight is 291 g/mol. The molecule has 0 saturated heterocycles. The molecule has 0 radical (unpaired) electrons. The number of phenolic OH excluding ortho intramolecular Hbond substituents is 1. The number of aryl methyl sites for hydroxylation is 1. The number of hydrogen-bond acceptors (Lipinski definition) is 4. The van der Waals surface area contributed by atoms with Crippen LogP contribution >= 0.6 is 11.3 Å². The van der Waals surface area contributed by atoms with Gasteiger partial charge in [-0.2, -0.15) is 0 Å². The number of aromatic hydroxyl groups is 1. The van der Waals surface area contributed by atoms with Crippen molar-refractivity contribution in [3.63, 3.8) is 0 Å². The highest BCUT2D eigenvalue weighted by Gasteiger charge is 2.16. The van der Waals surface area contributed by atoms with Gasteiger partial charge < -0.3 is 15.5 Å². The Labute approximate surface area is 119 Å². The number of thiophene rings is 1. The molecule has 0 bridgehead atoms. The number of carboxylic acids is 1. The molecule has 2 rings (SSSR count). The highest BCUT2D eigenvalue weighted by molar-refractivity contribution is 7.16. The number of benzene rings is 1. The van der Waals surface area contributed by atoms with E-state index in [-0.39, 0.29) is 23.6 Å². The van der Waals surface area contributed by atoms with Crippen LogP contribution in [0, 0.1) is 6.92 Å². The molecule has 1 amide bonds. The van der Waals surface area contributed by atoms with Crippen molar-refractivity contribution in [2.75, 3.05) is 5.32 Å². The Balaban J connectivity index is 2.13. The van der Waals surface area contributed by atoms with Crippen LogP contribution in [0.15, 0.2) is 30.3 Å². The van der Waals surface area contributed by atoms with Gasteiger partial charge in [-0.25, -0.2) is 4.79 Å². The van der Waals surface area contributed by atoms with Crippen LogP contribution in [0.25, 0.3) is 0 Å². The fourth-order valence-electron chi connectivity index (χ4n) is 1.77. The molecule has 0 spiro atoms. The Hall–Kier alpha value is -2.34. The number of hydrogen-bond donors (Lipinski definition) is 3. The Morgan fingerprint density at radius 2 is 2.00 bits per heavy atom. The van der Waals surface area contributed by atoms with E-state index in [2.05, 4.69) is 5.32 Å². The molecule has 20 heavy (non-hydrogen) atoms. The van der Waals surface area contributed by atoms with E-state index in [1.807, 2.05) is 0 Å². The predicted octanol–water partition coefficient (Wildman–Crippen LogP) is 2.64. The maximum atomic E-state index is 11.9. The lowest BCUT2D eigenvalue weighted by Crippen LogP contribution is -2.15. The molecule has 104 valence electrons. The van der Waals surface area contributed by atoms with Gasteiger partial charge in [0.05, 0.1) is 12.0 Å². The Bertz CT molecular complexity index is 663. The van der Waals surface area contributed by atoms with Gasteiger partial charge in [0.1, 0.15) is 10.8 Å². The summed E-state index contributed by atoms with van der Waals surface area (Å²) in [7, 11) is 0. The van der Waals surface area contributed by atoms with E-state index in [1.54, 1.807) is 25.1 Å². The van der Waals surface area contributed by atoms with Gasteiger partial charge in [0, 0.05) is 10.4 Å². The molecule has 1 aromatic carbocycles. The highest BCUT2D eigenvalue weighted by Crippen LogP contribution is 2.28. The number of para-hydroxylation sites is 1. The van der Waals surface area contributed by atoms with Crippen molar-refractivity contribution in [2.24, 2.45) is 0 Å². The van der Waals surface area contributed by atoms with Crippen LogP contribution in [0.2, 0.25) is 0 Å². The van der Waals surface area contributed by atoms with Gasteiger partial charge in [-0.3, -0.25) is 4.79 Å². The highest BCUT2D eigenvalue weighted by atomic mass is 32.1. The minimum absolute atomic E-state index is 0.0112. The third kappa shape index (κ3) is 3.16. The van der Waals surface area contributed by atoms with Crippen LogP contribution in [0.4, 0.5) is 5.00 Å². The second kappa shape index (κ2) is 5.75. The quantitative estimate of drug-likeness (QED) is 0.808. The number of phenols is 1. The average Bonchev–Trinajstić information content (AvgIpc) is 2.73. The van der Waals surface area contributed by atoms with Crippen molar-refractivity contribution < 1.29 is 19.8 Å². The molecular formula is C14H13NO4S. The van der Waals surface area contributed by atoms with Gasteiger partial charge in [0.2, 0.25) is 5.91 Å². The first-order valence-corrected chi connectivity index (χ1v) is 6.69. The van der Waals surface area contributed by atoms with Crippen LogP contribution < -0.4 is 5.32 Å². The minimum atomic E-state index is -1.08. The normalized spacial score (nSPS) is 10.2. The molecule has 5 nitrogen and oxygen atoms in total. The van der Waals surface area contributed by atoms with Gasteiger partial charge in [0.25, 0.3) is 0 Å². The number of carboxylic acid groups (broad SMARTS) is 1. The fourth-order valence-corrected chi connectivity index (χ4v) is 2.69. The van der Waals surface area contributed by atoms with E-state index in [0.29, 0.717) is 10.6 Å². The molecule has 0 unspecified atom stereocenters. The summed E-state index contributed by atoms with van der Waals surface area (Å²) in [6, 6.07) is 8.05.